The fraction of sp³-hybridized carbons (Fsp3) is 0.500. The molecule has 0 saturated heterocycles. The minimum atomic E-state index is 0. The van der Waals surface area contributed by atoms with Crippen molar-refractivity contribution in [3.05, 3.63) is 18.3 Å². The minimum absolute atomic E-state index is 0. The number of halogens is 1. The molecule has 21 heavy (non-hydrogen) atoms. The number of nitrogen functional groups attached to an aromatic ring is 1. The van der Waals surface area contributed by atoms with Gasteiger partial charge in [-0.05, 0) is 43.2 Å². The van der Waals surface area contributed by atoms with Gasteiger partial charge in [-0.15, -0.1) is 12.4 Å². The number of hydrogen-bond acceptors (Lipinski definition) is 4. The molecule has 2 saturated carbocycles. The Kier molecular flexibility index (Phi) is 4.86. The van der Waals surface area contributed by atoms with Gasteiger partial charge < -0.3 is 11.1 Å². The number of nitrogens with zero attached hydrogens (tertiary/aromatic N) is 3. The summed E-state index contributed by atoms with van der Waals surface area (Å²) in [6.07, 6.45) is 8.60. The van der Waals surface area contributed by atoms with E-state index >= 15 is 0 Å². The van der Waals surface area contributed by atoms with Crippen molar-refractivity contribution < 1.29 is 0 Å². The van der Waals surface area contributed by atoms with Crippen LogP contribution in [0.1, 0.15) is 25.7 Å². The van der Waals surface area contributed by atoms with E-state index in [0.29, 0.717) is 23.7 Å². The van der Waals surface area contributed by atoms with E-state index in [1.807, 2.05) is 12.3 Å². The summed E-state index contributed by atoms with van der Waals surface area (Å²) in [6.45, 7) is 0. The van der Waals surface area contributed by atoms with E-state index < -0.39 is 0 Å². The summed E-state index contributed by atoms with van der Waals surface area (Å²) in [5.74, 6) is 2.48. The lowest BCUT2D eigenvalue weighted by atomic mass is 9.96. The van der Waals surface area contributed by atoms with Gasteiger partial charge >= 0.3 is 0 Å². The van der Waals surface area contributed by atoms with Gasteiger partial charge in [-0.25, -0.2) is 9.98 Å². The van der Waals surface area contributed by atoms with Crippen LogP contribution in [0.25, 0.3) is 0 Å². The summed E-state index contributed by atoms with van der Waals surface area (Å²) in [5.41, 5.74) is 6.32. The quantitative estimate of drug-likeness (QED) is 0.336. The van der Waals surface area contributed by atoms with Crippen LogP contribution in [-0.2, 0) is 0 Å². The van der Waals surface area contributed by atoms with Gasteiger partial charge in [-0.1, -0.05) is 6.42 Å². The number of nitrogens with two attached hydrogens (primary N) is 1. The Bertz CT molecular complexity index is 550. The lowest BCUT2D eigenvalue weighted by Gasteiger charge is -2.19. The van der Waals surface area contributed by atoms with Crippen LogP contribution in [0.4, 0.5) is 11.5 Å². The SMILES string of the molecule is Cl.N#CNC(=N[C@H]1C[C@H]2CC[C@@H]1C2)Nc1ccc(N)nc1. The van der Waals surface area contributed by atoms with Gasteiger partial charge in [-0.2, -0.15) is 5.26 Å². The van der Waals surface area contributed by atoms with E-state index in [9.17, 15) is 0 Å². The Morgan fingerprint density at radius 2 is 2.24 bits per heavy atom. The molecule has 6 nitrogen and oxygen atoms in total. The van der Waals surface area contributed by atoms with E-state index in [0.717, 1.165) is 18.0 Å². The number of guanidine groups is 1. The Balaban J connectivity index is 0.00000161. The summed E-state index contributed by atoms with van der Waals surface area (Å²) >= 11 is 0. The Labute approximate surface area is 130 Å². The van der Waals surface area contributed by atoms with Crippen molar-refractivity contribution in [3.63, 3.8) is 0 Å². The lowest BCUT2D eigenvalue weighted by molar-refractivity contribution is 0.420. The van der Waals surface area contributed by atoms with Gasteiger partial charge in [0.05, 0.1) is 17.9 Å². The van der Waals surface area contributed by atoms with Crippen molar-refractivity contribution in [1.82, 2.24) is 10.3 Å². The molecular formula is C14H19ClN6. The molecule has 112 valence electrons. The molecule has 3 rings (SSSR count). The molecule has 1 aromatic rings. The highest BCUT2D eigenvalue weighted by molar-refractivity contribution is 5.94. The van der Waals surface area contributed by atoms with Gasteiger partial charge in [0, 0.05) is 0 Å². The van der Waals surface area contributed by atoms with E-state index in [1.165, 1.54) is 19.3 Å². The predicted octanol–water partition coefficient (Wildman–Crippen LogP) is 2.11. The first-order valence-corrected chi connectivity index (χ1v) is 6.96. The van der Waals surface area contributed by atoms with Crippen LogP contribution >= 0.6 is 12.4 Å². The summed E-state index contributed by atoms with van der Waals surface area (Å²) in [6, 6.07) is 3.86. The average molecular weight is 307 g/mol. The number of aromatic nitrogens is 1. The van der Waals surface area contributed by atoms with Crippen LogP contribution in [0.2, 0.25) is 0 Å². The van der Waals surface area contributed by atoms with E-state index in [-0.39, 0.29) is 12.4 Å². The van der Waals surface area contributed by atoms with Crippen molar-refractivity contribution >= 4 is 29.9 Å². The molecule has 2 aliphatic carbocycles. The Morgan fingerprint density at radius 3 is 2.81 bits per heavy atom. The van der Waals surface area contributed by atoms with Gasteiger partial charge in [0.15, 0.2) is 6.19 Å². The highest BCUT2D eigenvalue weighted by atomic mass is 35.5. The number of aliphatic imine (C=N–C) groups is 1. The molecule has 7 heteroatoms. The van der Waals surface area contributed by atoms with Gasteiger partial charge in [-0.3, -0.25) is 5.32 Å². The molecule has 0 amide bonds. The molecule has 1 aromatic heterocycles. The normalized spacial score (nSPS) is 26.8. The summed E-state index contributed by atoms with van der Waals surface area (Å²) < 4.78 is 0. The maximum atomic E-state index is 8.85. The Hall–Kier alpha value is -2.00. The summed E-state index contributed by atoms with van der Waals surface area (Å²) in [5, 5.41) is 14.6. The second-order valence-electron chi connectivity index (χ2n) is 5.55. The minimum Gasteiger partial charge on any atom is -0.384 e. The topological polar surface area (TPSA) is 99.1 Å². The third-order valence-electron chi connectivity index (χ3n) is 4.22. The zero-order valence-electron chi connectivity index (χ0n) is 11.6. The van der Waals surface area contributed by atoms with Crippen molar-refractivity contribution in [2.45, 2.75) is 31.7 Å². The molecule has 3 atom stereocenters. The van der Waals surface area contributed by atoms with Crippen molar-refractivity contribution in [3.8, 4) is 6.19 Å². The molecule has 4 N–H and O–H groups in total. The van der Waals surface area contributed by atoms with Crippen molar-refractivity contribution in [2.75, 3.05) is 11.1 Å². The van der Waals surface area contributed by atoms with Gasteiger partial charge in [0.1, 0.15) is 5.82 Å². The maximum absolute atomic E-state index is 8.85. The molecule has 2 bridgehead atoms. The molecule has 0 unspecified atom stereocenters. The second kappa shape index (κ2) is 6.64. The van der Waals surface area contributed by atoms with Crippen LogP contribution in [-0.4, -0.2) is 17.0 Å². The van der Waals surface area contributed by atoms with E-state index in [4.69, 9.17) is 11.0 Å². The van der Waals surface area contributed by atoms with Crippen LogP contribution in [0.5, 0.6) is 0 Å². The number of anilines is 2. The smallest absolute Gasteiger partial charge is 0.209 e. The van der Waals surface area contributed by atoms with Crippen molar-refractivity contribution in [2.24, 2.45) is 16.8 Å². The molecule has 1 heterocycles. The number of nitriles is 1. The first-order valence-electron chi connectivity index (χ1n) is 6.96. The third-order valence-corrected chi connectivity index (χ3v) is 4.22. The third kappa shape index (κ3) is 3.56. The highest BCUT2D eigenvalue weighted by Crippen LogP contribution is 2.45. The fourth-order valence-corrected chi connectivity index (χ4v) is 3.30. The second-order valence-corrected chi connectivity index (χ2v) is 5.55. The number of hydrogen-bond donors (Lipinski definition) is 3. The molecule has 2 fully saturated rings. The molecule has 0 spiro atoms. The largest absolute Gasteiger partial charge is 0.384 e. The van der Waals surface area contributed by atoms with E-state index in [2.05, 4.69) is 20.6 Å². The molecule has 0 aliphatic heterocycles. The van der Waals surface area contributed by atoms with Gasteiger partial charge in [0.25, 0.3) is 0 Å². The number of rotatable bonds is 2. The maximum Gasteiger partial charge on any atom is 0.209 e. The highest BCUT2D eigenvalue weighted by Gasteiger charge is 2.39. The van der Waals surface area contributed by atoms with Crippen LogP contribution in [0.15, 0.2) is 23.3 Å². The standard InChI is InChI=1S/C14H18N6.ClH/c15-8-18-14(19-11-3-4-13(16)17-7-11)20-12-6-9-1-2-10(12)5-9;/h3-4,7,9-10,12H,1-2,5-6H2,(H2,16,17)(H2,18,19,20);1H/t9-,10+,12-;/m0./s1. The predicted molar refractivity (Wildman–Crippen MR) is 84.9 cm³/mol. The number of nitrogens with one attached hydrogen (secondary N) is 2. The monoisotopic (exact) mass is 306 g/mol. The van der Waals surface area contributed by atoms with Crippen molar-refractivity contribution in [1.29, 1.82) is 5.26 Å². The molecule has 2 aliphatic rings. The first kappa shape index (κ1) is 15.4. The lowest BCUT2D eigenvalue weighted by Crippen LogP contribution is -2.30. The van der Waals surface area contributed by atoms with Gasteiger partial charge in [0.2, 0.25) is 5.96 Å². The molecular weight excluding hydrogens is 288 g/mol. The van der Waals surface area contributed by atoms with Crippen LogP contribution in [0, 0.1) is 23.3 Å². The zero-order valence-corrected chi connectivity index (χ0v) is 12.4. The van der Waals surface area contributed by atoms with Crippen LogP contribution in [0.3, 0.4) is 0 Å². The first-order chi connectivity index (χ1) is 9.74. The number of pyridine rings is 1. The molecule has 0 radical (unpaired) electrons. The van der Waals surface area contributed by atoms with Crippen LogP contribution < -0.4 is 16.4 Å². The Morgan fingerprint density at radius 1 is 1.38 bits per heavy atom. The summed E-state index contributed by atoms with van der Waals surface area (Å²) in [7, 11) is 0. The zero-order chi connectivity index (χ0) is 13.9. The van der Waals surface area contributed by atoms with E-state index in [1.54, 1.807) is 12.3 Å². The summed E-state index contributed by atoms with van der Waals surface area (Å²) in [4.78, 5) is 8.69. The average Bonchev–Trinajstić information content (AvgIpc) is 3.04. The molecule has 0 aromatic carbocycles. The fourth-order valence-electron chi connectivity index (χ4n) is 3.30. The number of fused-ring (bicyclic) bond motifs is 2.